The number of amides is 1. The van der Waals surface area contributed by atoms with Gasteiger partial charge in [0, 0.05) is 18.5 Å². The van der Waals surface area contributed by atoms with Crippen LogP contribution in [0.5, 0.6) is 0 Å². The van der Waals surface area contributed by atoms with Crippen LogP contribution in [0.2, 0.25) is 0 Å². The number of carbonyl (C=O) groups excluding carboxylic acids is 1. The first-order chi connectivity index (χ1) is 7.93. The number of carbonyl (C=O) groups is 1. The molecule has 0 saturated heterocycles. The molecule has 3 heteroatoms. The van der Waals surface area contributed by atoms with Crippen LogP contribution in [-0.2, 0) is 4.79 Å². The van der Waals surface area contributed by atoms with Crippen molar-refractivity contribution in [1.29, 1.82) is 0 Å². The van der Waals surface area contributed by atoms with E-state index >= 15 is 0 Å². The normalized spacial score (nSPS) is 25.3. The summed E-state index contributed by atoms with van der Waals surface area (Å²) in [5, 5.41) is 3.14. The zero-order chi connectivity index (χ0) is 12.9. The van der Waals surface area contributed by atoms with Gasteiger partial charge < -0.3 is 11.1 Å². The van der Waals surface area contributed by atoms with Gasteiger partial charge in [0.1, 0.15) is 0 Å². The van der Waals surface area contributed by atoms with Gasteiger partial charge in [0.2, 0.25) is 5.91 Å². The van der Waals surface area contributed by atoms with E-state index in [1.54, 1.807) is 0 Å². The van der Waals surface area contributed by atoms with Crippen molar-refractivity contribution in [1.82, 2.24) is 5.32 Å². The lowest BCUT2D eigenvalue weighted by molar-refractivity contribution is -0.122. The second-order valence-electron chi connectivity index (χ2n) is 6.28. The molecular formula is C14H28N2O. The van der Waals surface area contributed by atoms with Gasteiger partial charge >= 0.3 is 0 Å². The van der Waals surface area contributed by atoms with Gasteiger partial charge in [0.25, 0.3) is 0 Å². The van der Waals surface area contributed by atoms with Crippen molar-refractivity contribution < 1.29 is 4.79 Å². The van der Waals surface area contributed by atoms with Crippen LogP contribution < -0.4 is 11.1 Å². The molecule has 2 atom stereocenters. The van der Waals surface area contributed by atoms with E-state index in [9.17, 15) is 4.79 Å². The average molecular weight is 240 g/mol. The average Bonchev–Trinajstić information content (AvgIpc) is 2.15. The van der Waals surface area contributed by atoms with E-state index in [1.165, 1.54) is 12.8 Å². The van der Waals surface area contributed by atoms with Crippen molar-refractivity contribution in [3.63, 3.8) is 0 Å². The maximum atomic E-state index is 11.8. The smallest absolute Gasteiger partial charge is 0.221 e. The summed E-state index contributed by atoms with van der Waals surface area (Å²) in [6.45, 7) is 6.67. The zero-order valence-corrected chi connectivity index (χ0v) is 11.6. The molecule has 1 fully saturated rings. The van der Waals surface area contributed by atoms with E-state index < -0.39 is 0 Å². The minimum Gasteiger partial charge on any atom is -0.353 e. The van der Waals surface area contributed by atoms with Gasteiger partial charge in [-0.25, -0.2) is 0 Å². The van der Waals surface area contributed by atoms with E-state index in [0.29, 0.717) is 17.9 Å². The summed E-state index contributed by atoms with van der Waals surface area (Å²) in [6.07, 6.45) is 7.17. The SMILES string of the molecule is CCCC(N)CC(=O)NC1CCCC(C)(C)C1. The molecule has 1 rings (SSSR count). The molecule has 17 heavy (non-hydrogen) atoms. The van der Waals surface area contributed by atoms with Gasteiger partial charge in [0.15, 0.2) is 0 Å². The maximum Gasteiger partial charge on any atom is 0.221 e. The molecule has 100 valence electrons. The lowest BCUT2D eigenvalue weighted by Crippen LogP contribution is -2.42. The Balaban J connectivity index is 2.31. The van der Waals surface area contributed by atoms with E-state index in [4.69, 9.17) is 5.73 Å². The summed E-state index contributed by atoms with van der Waals surface area (Å²) in [5.74, 6) is 0.133. The van der Waals surface area contributed by atoms with E-state index in [0.717, 1.165) is 25.7 Å². The Kier molecular flexibility index (Phi) is 5.44. The Morgan fingerprint density at radius 2 is 2.24 bits per heavy atom. The van der Waals surface area contributed by atoms with Crippen molar-refractivity contribution >= 4 is 5.91 Å². The van der Waals surface area contributed by atoms with Crippen molar-refractivity contribution in [2.75, 3.05) is 0 Å². The predicted octanol–water partition coefficient (Wildman–Crippen LogP) is 2.59. The van der Waals surface area contributed by atoms with Crippen molar-refractivity contribution in [2.45, 2.75) is 77.8 Å². The number of nitrogens with two attached hydrogens (primary N) is 1. The van der Waals surface area contributed by atoms with E-state index in [1.807, 2.05) is 0 Å². The van der Waals surface area contributed by atoms with Gasteiger partial charge in [-0.2, -0.15) is 0 Å². The largest absolute Gasteiger partial charge is 0.353 e. The quantitative estimate of drug-likeness (QED) is 0.776. The van der Waals surface area contributed by atoms with Gasteiger partial charge in [-0.3, -0.25) is 4.79 Å². The molecule has 0 radical (unpaired) electrons. The third-order valence-corrected chi connectivity index (χ3v) is 3.68. The fourth-order valence-electron chi connectivity index (χ4n) is 2.82. The highest BCUT2D eigenvalue weighted by atomic mass is 16.1. The molecule has 0 aromatic rings. The first kappa shape index (κ1) is 14.5. The molecule has 3 N–H and O–H groups in total. The minimum absolute atomic E-state index is 0.0246. The van der Waals surface area contributed by atoms with Crippen molar-refractivity contribution in [3.8, 4) is 0 Å². The lowest BCUT2D eigenvalue weighted by Gasteiger charge is -2.35. The lowest BCUT2D eigenvalue weighted by atomic mass is 9.75. The summed E-state index contributed by atoms with van der Waals surface area (Å²) in [4.78, 5) is 11.8. The maximum absolute atomic E-state index is 11.8. The molecule has 0 aromatic heterocycles. The van der Waals surface area contributed by atoms with Crippen molar-refractivity contribution in [2.24, 2.45) is 11.1 Å². The highest BCUT2D eigenvalue weighted by Crippen LogP contribution is 2.35. The Hall–Kier alpha value is -0.570. The fourth-order valence-corrected chi connectivity index (χ4v) is 2.82. The van der Waals surface area contributed by atoms with Crippen LogP contribution in [0.4, 0.5) is 0 Å². The number of rotatable bonds is 5. The monoisotopic (exact) mass is 240 g/mol. The molecule has 2 unspecified atom stereocenters. The summed E-state index contributed by atoms with van der Waals surface area (Å²) in [7, 11) is 0. The van der Waals surface area contributed by atoms with E-state index in [2.05, 4.69) is 26.1 Å². The second kappa shape index (κ2) is 6.39. The summed E-state index contributed by atoms with van der Waals surface area (Å²) >= 11 is 0. The van der Waals surface area contributed by atoms with Gasteiger partial charge in [-0.15, -0.1) is 0 Å². The molecule has 0 spiro atoms. The zero-order valence-electron chi connectivity index (χ0n) is 11.6. The van der Waals surface area contributed by atoms with E-state index in [-0.39, 0.29) is 11.9 Å². The fraction of sp³-hybridized carbons (Fsp3) is 0.929. The Morgan fingerprint density at radius 3 is 2.82 bits per heavy atom. The van der Waals surface area contributed by atoms with Crippen LogP contribution in [0.15, 0.2) is 0 Å². The number of hydrogen-bond acceptors (Lipinski definition) is 2. The molecule has 1 saturated carbocycles. The van der Waals surface area contributed by atoms with Crippen molar-refractivity contribution in [3.05, 3.63) is 0 Å². The van der Waals surface area contributed by atoms with Crippen LogP contribution in [0.1, 0.15) is 65.7 Å². The molecular weight excluding hydrogens is 212 g/mol. The second-order valence-corrected chi connectivity index (χ2v) is 6.28. The summed E-state index contributed by atoms with van der Waals surface area (Å²) in [6, 6.07) is 0.386. The van der Waals surface area contributed by atoms with Gasteiger partial charge in [-0.05, 0) is 31.1 Å². The molecule has 0 aliphatic heterocycles. The van der Waals surface area contributed by atoms with Crippen LogP contribution in [-0.4, -0.2) is 18.0 Å². The van der Waals surface area contributed by atoms with Gasteiger partial charge in [-0.1, -0.05) is 33.6 Å². The Bertz CT molecular complexity index is 251. The minimum atomic E-state index is 0.0246. The first-order valence-corrected chi connectivity index (χ1v) is 6.98. The standard InChI is InChI=1S/C14H28N2O/c1-4-6-11(15)9-13(17)16-12-7-5-8-14(2,3)10-12/h11-12H,4-10,15H2,1-3H3,(H,16,17). The third kappa shape index (κ3) is 5.53. The van der Waals surface area contributed by atoms with Crippen LogP contribution in [0, 0.1) is 5.41 Å². The molecule has 3 nitrogen and oxygen atoms in total. The van der Waals surface area contributed by atoms with Crippen LogP contribution in [0.25, 0.3) is 0 Å². The Labute approximate surface area is 106 Å². The highest BCUT2D eigenvalue weighted by molar-refractivity contribution is 5.76. The molecule has 1 aliphatic carbocycles. The molecule has 1 amide bonds. The number of hydrogen-bond donors (Lipinski definition) is 2. The topological polar surface area (TPSA) is 55.1 Å². The number of nitrogens with one attached hydrogen (secondary N) is 1. The highest BCUT2D eigenvalue weighted by Gasteiger charge is 2.28. The summed E-state index contributed by atoms with van der Waals surface area (Å²) in [5.41, 5.74) is 6.26. The molecule has 0 aromatic carbocycles. The Morgan fingerprint density at radius 1 is 1.53 bits per heavy atom. The third-order valence-electron chi connectivity index (χ3n) is 3.68. The molecule has 0 heterocycles. The van der Waals surface area contributed by atoms with Gasteiger partial charge in [0.05, 0.1) is 0 Å². The predicted molar refractivity (Wildman–Crippen MR) is 71.7 cm³/mol. The molecule has 0 bridgehead atoms. The van der Waals surface area contributed by atoms with Crippen LogP contribution >= 0.6 is 0 Å². The summed E-state index contributed by atoms with van der Waals surface area (Å²) < 4.78 is 0. The first-order valence-electron chi connectivity index (χ1n) is 6.98. The molecule has 1 aliphatic rings. The van der Waals surface area contributed by atoms with Crippen LogP contribution in [0.3, 0.4) is 0 Å².